The van der Waals surface area contributed by atoms with Gasteiger partial charge >= 0.3 is 0 Å². The Kier molecular flexibility index (Phi) is 7.49. The number of nitrogens with one attached hydrogen (secondary N) is 1. The fourth-order valence-electron chi connectivity index (χ4n) is 2.83. The Balaban J connectivity index is 1.97. The van der Waals surface area contributed by atoms with Gasteiger partial charge in [0.2, 0.25) is 0 Å². The molecule has 0 unspecified atom stereocenters. The number of thiophene rings is 1. The van der Waals surface area contributed by atoms with Gasteiger partial charge in [0.1, 0.15) is 18.0 Å². The van der Waals surface area contributed by atoms with Gasteiger partial charge in [-0.2, -0.15) is 5.10 Å². The van der Waals surface area contributed by atoms with E-state index in [1.54, 1.807) is 24.3 Å². The predicted molar refractivity (Wildman–Crippen MR) is 125 cm³/mol. The zero-order valence-corrected chi connectivity index (χ0v) is 19.4. The number of rotatable bonds is 9. The summed E-state index contributed by atoms with van der Waals surface area (Å²) in [5.41, 5.74) is 3.46. The number of aryl methyl sites for hydroxylation is 1. The molecule has 0 saturated carbocycles. The molecule has 3 aromatic rings. The third kappa shape index (κ3) is 5.45. The molecule has 0 aliphatic carbocycles. The molecular weight excluding hydrogens is 450 g/mol. The van der Waals surface area contributed by atoms with E-state index in [2.05, 4.69) is 10.5 Å². The molecule has 32 heavy (non-hydrogen) atoms. The number of benzene rings is 2. The summed E-state index contributed by atoms with van der Waals surface area (Å²) in [5, 5.41) is 5.79. The highest BCUT2D eigenvalue weighted by Gasteiger charge is 2.30. The number of ether oxygens (including phenoxy) is 2. The Morgan fingerprint density at radius 1 is 1.12 bits per heavy atom. The van der Waals surface area contributed by atoms with Crippen LogP contribution in [0.2, 0.25) is 0 Å². The Morgan fingerprint density at radius 2 is 1.88 bits per heavy atom. The summed E-state index contributed by atoms with van der Waals surface area (Å²) >= 11 is 1.46. The van der Waals surface area contributed by atoms with Crippen LogP contribution in [-0.4, -0.2) is 41.3 Å². The standard InChI is InChI=1S/C22H23N3O5S2/c1-16-6-9-19(10-7-16)32(27,28)25(20-13-17(29-2)8-11-21(20)30-3)15-22(26)24-23-14-18-5-4-12-31-18/h4-14H,15H2,1-3H3,(H,24,26)/b23-14-. The zero-order chi connectivity index (χ0) is 23.1. The quantitative estimate of drug-likeness (QED) is 0.379. The van der Waals surface area contributed by atoms with Crippen molar-refractivity contribution in [2.75, 3.05) is 25.1 Å². The minimum Gasteiger partial charge on any atom is -0.497 e. The molecule has 0 radical (unpaired) electrons. The SMILES string of the molecule is COc1ccc(OC)c(N(CC(=O)N/N=C\c2cccs2)S(=O)(=O)c2ccc(C)cc2)c1. The van der Waals surface area contributed by atoms with Gasteiger partial charge in [0.15, 0.2) is 0 Å². The molecular formula is C22H23N3O5S2. The van der Waals surface area contributed by atoms with Crippen molar-refractivity contribution in [3.05, 3.63) is 70.4 Å². The highest BCUT2D eigenvalue weighted by Crippen LogP contribution is 2.35. The number of carbonyl (C=O) groups is 1. The summed E-state index contributed by atoms with van der Waals surface area (Å²) in [6.45, 7) is 1.35. The van der Waals surface area contributed by atoms with Crippen LogP contribution in [0.5, 0.6) is 11.5 Å². The molecule has 8 nitrogen and oxygen atoms in total. The topological polar surface area (TPSA) is 97.3 Å². The minimum atomic E-state index is -4.10. The monoisotopic (exact) mass is 473 g/mol. The van der Waals surface area contributed by atoms with Gasteiger partial charge < -0.3 is 9.47 Å². The molecule has 0 saturated heterocycles. The first-order valence-corrected chi connectivity index (χ1v) is 11.8. The van der Waals surface area contributed by atoms with E-state index in [0.29, 0.717) is 5.75 Å². The van der Waals surface area contributed by atoms with Crippen molar-refractivity contribution in [3.8, 4) is 11.5 Å². The molecule has 10 heteroatoms. The van der Waals surface area contributed by atoms with Gasteiger partial charge in [-0.1, -0.05) is 23.8 Å². The molecule has 1 aromatic heterocycles. The van der Waals surface area contributed by atoms with Gasteiger partial charge in [0.05, 0.1) is 31.0 Å². The lowest BCUT2D eigenvalue weighted by atomic mass is 10.2. The highest BCUT2D eigenvalue weighted by atomic mass is 32.2. The molecule has 2 aromatic carbocycles. The molecule has 1 amide bonds. The van der Waals surface area contributed by atoms with Gasteiger partial charge in [-0.05, 0) is 42.6 Å². The number of sulfonamides is 1. The third-order valence-corrected chi connectivity index (χ3v) is 7.06. The lowest BCUT2D eigenvalue weighted by molar-refractivity contribution is -0.119. The normalized spacial score (nSPS) is 11.3. The maximum Gasteiger partial charge on any atom is 0.264 e. The molecule has 0 aliphatic heterocycles. The number of carbonyl (C=O) groups excluding carboxylic acids is 1. The number of anilines is 1. The summed E-state index contributed by atoms with van der Waals surface area (Å²) in [7, 11) is -1.21. The van der Waals surface area contributed by atoms with Crippen molar-refractivity contribution in [1.29, 1.82) is 0 Å². The van der Waals surface area contributed by atoms with Crippen LogP contribution >= 0.6 is 11.3 Å². The van der Waals surface area contributed by atoms with Gasteiger partial charge in [-0.15, -0.1) is 11.3 Å². The van der Waals surface area contributed by atoms with Gasteiger partial charge in [-0.3, -0.25) is 9.10 Å². The lowest BCUT2D eigenvalue weighted by Crippen LogP contribution is -2.39. The maximum atomic E-state index is 13.5. The number of methoxy groups -OCH3 is 2. The smallest absolute Gasteiger partial charge is 0.264 e. The Labute approximate surface area is 191 Å². The van der Waals surface area contributed by atoms with Gasteiger partial charge in [-0.25, -0.2) is 13.8 Å². The van der Waals surface area contributed by atoms with E-state index in [1.165, 1.54) is 50.0 Å². The number of hydrogen-bond donors (Lipinski definition) is 1. The van der Waals surface area contributed by atoms with Crippen LogP contribution < -0.4 is 19.2 Å². The van der Waals surface area contributed by atoms with E-state index in [0.717, 1.165) is 14.7 Å². The lowest BCUT2D eigenvalue weighted by Gasteiger charge is -2.25. The molecule has 0 fully saturated rings. The van der Waals surface area contributed by atoms with Crippen LogP contribution in [0.25, 0.3) is 0 Å². The van der Waals surface area contributed by atoms with Crippen LogP contribution in [0, 0.1) is 6.92 Å². The van der Waals surface area contributed by atoms with Gasteiger partial charge in [0, 0.05) is 10.9 Å². The van der Waals surface area contributed by atoms with E-state index in [-0.39, 0.29) is 16.3 Å². The molecule has 0 aliphatic rings. The van der Waals surface area contributed by atoms with E-state index in [4.69, 9.17) is 9.47 Å². The van der Waals surface area contributed by atoms with Crippen molar-refractivity contribution in [3.63, 3.8) is 0 Å². The molecule has 3 rings (SSSR count). The highest BCUT2D eigenvalue weighted by molar-refractivity contribution is 7.92. The maximum absolute atomic E-state index is 13.5. The summed E-state index contributed by atoms with van der Waals surface area (Å²) in [4.78, 5) is 13.5. The Hall–Kier alpha value is -3.37. The summed E-state index contributed by atoms with van der Waals surface area (Å²) in [6, 6.07) is 14.8. The van der Waals surface area contributed by atoms with Crippen LogP contribution in [0.4, 0.5) is 5.69 Å². The first kappa shape index (κ1) is 23.3. The average molecular weight is 474 g/mol. The fraction of sp³-hybridized carbons (Fsp3) is 0.182. The largest absolute Gasteiger partial charge is 0.497 e. The molecule has 0 bridgehead atoms. The second kappa shape index (κ2) is 10.3. The molecule has 168 valence electrons. The van der Waals surface area contributed by atoms with Crippen molar-refractivity contribution in [2.45, 2.75) is 11.8 Å². The predicted octanol–water partition coefficient (Wildman–Crippen LogP) is 3.42. The second-order valence-electron chi connectivity index (χ2n) is 6.67. The summed E-state index contributed by atoms with van der Waals surface area (Å²) < 4.78 is 38.6. The van der Waals surface area contributed by atoms with Crippen molar-refractivity contribution < 1.29 is 22.7 Å². The summed E-state index contributed by atoms with van der Waals surface area (Å²) in [5.74, 6) is 0.0794. The van der Waals surface area contributed by atoms with E-state index in [9.17, 15) is 13.2 Å². The van der Waals surface area contributed by atoms with Crippen molar-refractivity contribution in [1.82, 2.24) is 5.43 Å². The molecule has 1 heterocycles. The number of hydrazone groups is 1. The van der Waals surface area contributed by atoms with E-state index >= 15 is 0 Å². The molecule has 0 atom stereocenters. The van der Waals surface area contributed by atoms with Crippen LogP contribution in [0.1, 0.15) is 10.4 Å². The summed E-state index contributed by atoms with van der Waals surface area (Å²) in [6.07, 6.45) is 1.49. The first-order valence-electron chi connectivity index (χ1n) is 9.52. The Morgan fingerprint density at radius 3 is 2.50 bits per heavy atom. The number of hydrogen-bond acceptors (Lipinski definition) is 7. The van der Waals surface area contributed by atoms with Crippen molar-refractivity contribution in [2.24, 2.45) is 5.10 Å². The van der Waals surface area contributed by atoms with E-state index in [1.807, 2.05) is 24.4 Å². The number of nitrogens with zero attached hydrogens (tertiary/aromatic N) is 2. The third-order valence-electron chi connectivity index (χ3n) is 4.48. The van der Waals surface area contributed by atoms with Crippen LogP contribution in [-0.2, 0) is 14.8 Å². The number of amides is 1. The second-order valence-corrected chi connectivity index (χ2v) is 9.51. The molecule has 1 N–H and O–H groups in total. The van der Waals surface area contributed by atoms with Crippen molar-refractivity contribution >= 4 is 39.2 Å². The first-order chi connectivity index (χ1) is 15.3. The Bertz CT molecular complexity index is 1190. The van der Waals surface area contributed by atoms with Crippen LogP contribution in [0.15, 0.2) is 70.0 Å². The minimum absolute atomic E-state index is 0.0443. The zero-order valence-electron chi connectivity index (χ0n) is 17.8. The van der Waals surface area contributed by atoms with E-state index < -0.39 is 22.5 Å². The average Bonchev–Trinajstić information content (AvgIpc) is 3.30. The van der Waals surface area contributed by atoms with Crippen LogP contribution in [0.3, 0.4) is 0 Å². The molecule has 0 spiro atoms. The fourth-order valence-corrected chi connectivity index (χ4v) is 4.84. The van der Waals surface area contributed by atoms with Gasteiger partial charge in [0.25, 0.3) is 15.9 Å².